The minimum atomic E-state index is -0.225. The molecule has 0 bridgehead atoms. The van der Waals surface area contributed by atoms with Gasteiger partial charge in [-0.3, -0.25) is 4.79 Å². The molecule has 1 rings (SSSR count). The number of hydrogen-bond donors (Lipinski definition) is 3. The lowest BCUT2D eigenvalue weighted by Gasteiger charge is -2.15. The summed E-state index contributed by atoms with van der Waals surface area (Å²) in [5.74, 6) is 0.476. The molecule has 0 aromatic heterocycles. The van der Waals surface area contributed by atoms with Gasteiger partial charge in [0.15, 0.2) is 0 Å². The summed E-state index contributed by atoms with van der Waals surface area (Å²) in [6, 6.07) is 7.47. The van der Waals surface area contributed by atoms with E-state index in [9.17, 15) is 4.79 Å². The first-order valence-electron chi connectivity index (χ1n) is 6.72. The van der Waals surface area contributed by atoms with Crippen molar-refractivity contribution in [2.45, 2.75) is 40.0 Å². The van der Waals surface area contributed by atoms with E-state index in [2.05, 4.69) is 24.5 Å². The highest BCUT2D eigenvalue weighted by atomic mass is 16.3. The van der Waals surface area contributed by atoms with Gasteiger partial charge in [0.1, 0.15) is 0 Å². The van der Waals surface area contributed by atoms with Crippen molar-refractivity contribution < 1.29 is 9.90 Å². The number of aliphatic hydroxyl groups is 1. The molecule has 19 heavy (non-hydrogen) atoms. The highest BCUT2D eigenvalue weighted by Crippen LogP contribution is 2.05. The van der Waals surface area contributed by atoms with Crippen LogP contribution in [0.5, 0.6) is 0 Å². The molecule has 0 aliphatic carbocycles. The molecule has 0 aliphatic rings. The number of carbonyl (C=O) groups excluding carboxylic acids is 1. The predicted octanol–water partition coefficient (Wildman–Crippen LogP) is 1.43. The standard InChI is InChI=1S/C15H24N2O2/c1-11(2)8-17-15(19)12(3)16-9-13-5-4-6-14(7-13)10-18/h4-7,11-12,16,18H,8-10H2,1-3H3,(H,17,19). The zero-order chi connectivity index (χ0) is 14.3. The monoisotopic (exact) mass is 264 g/mol. The van der Waals surface area contributed by atoms with Gasteiger partial charge in [-0.05, 0) is 24.0 Å². The topological polar surface area (TPSA) is 61.4 Å². The maximum atomic E-state index is 11.8. The van der Waals surface area contributed by atoms with Crippen LogP contribution in [0.2, 0.25) is 0 Å². The quantitative estimate of drug-likeness (QED) is 0.698. The molecule has 0 aliphatic heterocycles. The average Bonchev–Trinajstić information content (AvgIpc) is 2.42. The summed E-state index contributed by atoms with van der Waals surface area (Å²) in [4.78, 5) is 11.8. The molecule has 4 nitrogen and oxygen atoms in total. The van der Waals surface area contributed by atoms with Crippen LogP contribution in [0.1, 0.15) is 31.9 Å². The van der Waals surface area contributed by atoms with Gasteiger partial charge in [0.05, 0.1) is 12.6 Å². The van der Waals surface area contributed by atoms with Crippen molar-refractivity contribution in [3.8, 4) is 0 Å². The first-order valence-corrected chi connectivity index (χ1v) is 6.72. The van der Waals surface area contributed by atoms with Crippen molar-refractivity contribution in [2.24, 2.45) is 5.92 Å². The first kappa shape index (κ1) is 15.7. The molecule has 3 N–H and O–H groups in total. The molecule has 0 fully saturated rings. The zero-order valence-electron chi connectivity index (χ0n) is 11.9. The Hall–Kier alpha value is -1.39. The highest BCUT2D eigenvalue weighted by molar-refractivity contribution is 5.81. The maximum absolute atomic E-state index is 11.8. The smallest absolute Gasteiger partial charge is 0.236 e. The number of nitrogens with one attached hydrogen (secondary N) is 2. The number of rotatable bonds is 7. The molecule has 4 heteroatoms. The third-order valence-corrected chi connectivity index (χ3v) is 2.86. The van der Waals surface area contributed by atoms with Crippen molar-refractivity contribution in [3.05, 3.63) is 35.4 Å². The number of hydrogen-bond acceptors (Lipinski definition) is 3. The molecule has 1 aromatic rings. The first-order chi connectivity index (χ1) is 9.02. The van der Waals surface area contributed by atoms with Crippen LogP contribution in [-0.4, -0.2) is 23.6 Å². The highest BCUT2D eigenvalue weighted by Gasteiger charge is 2.11. The van der Waals surface area contributed by atoms with E-state index in [1.807, 2.05) is 31.2 Å². The fourth-order valence-corrected chi connectivity index (χ4v) is 1.66. The molecule has 1 aromatic carbocycles. The Balaban J connectivity index is 2.40. The van der Waals surface area contributed by atoms with E-state index >= 15 is 0 Å². The van der Waals surface area contributed by atoms with Gasteiger partial charge in [0, 0.05) is 13.1 Å². The van der Waals surface area contributed by atoms with Crippen LogP contribution in [0.4, 0.5) is 0 Å². The van der Waals surface area contributed by atoms with Gasteiger partial charge in [0.2, 0.25) is 5.91 Å². The van der Waals surface area contributed by atoms with Crippen LogP contribution in [0.15, 0.2) is 24.3 Å². The van der Waals surface area contributed by atoms with Crippen molar-refractivity contribution in [2.75, 3.05) is 6.54 Å². The SMILES string of the molecule is CC(C)CNC(=O)C(C)NCc1cccc(CO)c1. The van der Waals surface area contributed by atoms with Gasteiger partial charge in [-0.15, -0.1) is 0 Å². The lowest BCUT2D eigenvalue weighted by Crippen LogP contribution is -2.42. The van der Waals surface area contributed by atoms with Crippen molar-refractivity contribution in [1.29, 1.82) is 0 Å². The number of amides is 1. The summed E-state index contributed by atoms with van der Waals surface area (Å²) in [5, 5.41) is 15.1. The fraction of sp³-hybridized carbons (Fsp3) is 0.533. The van der Waals surface area contributed by atoms with Crippen LogP contribution in [0.3, 0.4) is 0 Å². The van der Waals surface area contributed by atoms with Crippen LogP contribution >= 0.6 is 0 Å². The minimum absolute atomic E-state index is 0.0204. The summed E-state index contributed by atoms with van der Waals surface area (Å²) in [6.45, 7) is 7.34. The molecule has 0 saturated heterocycles. The van der Waals surface area contributed by atoms with E-state index in [-0.39, 0.29) is 18.6 Å². The number of carbonyl (C=O) groups is 1. The minimum Gasteiger partial charge on any atom is -0.392 e. The van der Waals surface area contributed by atoms with Crippen LogP contribution in [0, 0.1) is 5.92 Å². The maximum Gasteiger partial charge on any atom is 0.236 e. The van der Waals surface area contributed by atoms with E-state index in [4.69, 9.17) is 5.11 Å². The second-order valence-electron chi connectivity index (χ2n) is 5.22. The Morgan fingerprint density at radius 3 is 2.58 bits per heavy atom. The van der Waals surface area contributed by atoms with Crippen LogP contribution < -0.4 is 10.6 Å². The third-order valence-electron chi connectivity index (χ3n) is 2.86. The van der Waals surface area contributed by atoms with Crippen LogP contribution in [-0.2, 0) is 17.9 Å². The summed E-state index contributed by atoms with van der Waals surface area (Å²) in [5.41, 5.74) is 1.95. The molecule has 0 spiro atoms. The number of benzene rings is 1. The van der Waals surface area contributed by atoms with Crippen molar-refractivity contribution in [1.82, 2.24) is 10.6 Å². The summed E-state index contributed by atoms with van der Waals surface area (Å²) in [6.07, 6.45) is 0. The molecule has 0 radical (unpaired) electrons. The van der Waals surface area contributed by atoms with Gasteiger partial charge in [-0.25, -0.2) is 0 Å². The van der Waals surface area contributed by atoms with Crippen molar-refractivity contribution in [3.63, 3.8) is 0 Å². The molecule has 1 atom stereocenters. The van der Waals surface area contributed by atoms with E-state index < -0.39 is 0 Å². The van der Waals surface area contributed by atoms with Gasteiger partial charge in [-0.1, -0.05) is 38.1 Å². The Morgan fingerprint density at radius 2 is 1.95 bits per heavy atom. The number of aliphatic hydroxyl groups excluding tert-OH is 1. The summed E-state index contributed by atoms with van der Waals surface area (Å²) < 4.78 is 0. The predicted molar refractivity (Wildman–Crippen MR) is 76.5 cm³/mol. The Bertz CT molecular complexity index is 405. The molecule has 106 valence electrons. The molecular weight excluding hydrogens is 240 g/mol. The lowest BCUT2D eigenvalue weighted by atomic mass is 10.1. The fourth-order valence-electron chi connectivity index (χ4n) is 1.66. The van der Waals surface area contributed by atoms with E-state index in [1.54, 1.807) is 0 Å². The van der Waals surface area contributed by atoms with E-state index in [0.717, 1.165) is 11.1 Å². The normalized spacial score (nSPS) is 12.5. The van der Waals surface area contributed by atoms with Gasteiger partial charge in [-0.2, -0.15) is 0 Å². The van der Waals surface area contributed by atoms with E-state index in [1.165, 1.54) is 0 Å². The molecule has 1 unspecified atom stereocenters. The Labute approximate surface area is 115 Å². The van der Waals surface area contributed by atoms with Gasteiger partial charge < -0.3 is 15.7 Å². The molecule has 0 saturated carbocycles. The Morgan fingerprint density at radius 1 is 1.26 bits per heavy atom. The largest absolute Gasteiger partial charge is 0.392 e. The average molecular weight is 264 g/mol. The zero-order valence-corrected chi connectivity index (χ0v) is 11.9. The summed E-state index contributed by atoms with van der Waals surface area (Å²) >= 11 is 0. The van der Waals surface area contributed by atoms with Crippen molar-refractivity contribution >= 4 is 5.91 Å². The Kier molecular flexibility index (Phi) is 6.53. The summed E-state index contributed by atoms with van der Waals surface area (Å²) in [7, 11) is 0. The van der Waals surface area contributed by atoms with Gasteiger partial charge in [0.25, 0.3) is 0 Å². The molecule has 1 amide bonds. The third kappa shape index (κ3) is 5.85. The molecule has 0 heterocycles. The lowest BCUT2D eigenvalue weighted by molar-refractivity contribution is -0.122. The van der Waals surface area contributed by atoms with E-state index in [0.29, 0.717) is 19.0 Å². The molecular formula is C15H24N2O2. The van der Waals surface area contributed by atoms with Gasteiger partial charge >= 0.3 is 0 Å². The second kappa shape index (κ2) is 7.92. The second-order valence-corrected chi connectivity index (χ2v) is 5.22. The van der Waals surface area contributed by atoms with Crippen LogP contribution in [0.25, 0.3) is 0 Å².